The molecule has 1 aromatic rings. The van der Waals surface area contributed by atoms with Crippen LogP contribution in [0.3, 0.4) is 0 Å². The highest BCUT2D eigenvalue weighted by molar-refractivity contribution is 5.67. The first kappa shape index (κ1) is 14.5. The SMILES string of the molecule is Cc1ccc(F)c(CN2C3CCC2CC(CC(=O)O)C3)c1. The van der Waals surface area contributed by atoms with E-state index in [9.17, 15) is 9.18 Å². The molecule has 2 unspecified atom stereocenters. The molecule has 114 valence electrons. The Kier molecular flexibility index (Phi) is 3.98. The molecular formula is C17H22FNO2. The minimum atomic E-state index is -0.697. The summed E-state index contributed by atoms with van der Waals surface area (Å²) in [5, 5.41) is 8.96. The summed E-state index contributed by atoms with van der Waals surface area (Å²) in [5.41, 5.74) is 1.85. The Morgan fingerprint density at radius 2 is 2.00 bits per heavy atom. The molecule has 2 fully saturated rings. The van der Waals surface area contributed by atoms with Crippen LogP contribution in [0, 0.1) is 18.7 Å². The van der Waals surface area contributed by atoms with Crippen molar-refractivity contribution in [3.8, 4) is 0 Å². The normalized spacial score (nSPS) is 28.8. The average molecular weight is 291 g/mol. The Hall–Kier alpha value is -1.42. The second-order valence-corrected chi connectivity index (χ2v) is 6.59. The van der Waals surface area contributed by atoms with Gasteiger partial charge in [0.05, 0.1) is 0 Å². The van der Waals surface area contributed by atoms with Crippen molar-refractivity contribution in [2.75, 3.05) is 0 Å². The van der Waals surface area contributed by atoms with Gasteiger partial charge < -0.3 is 5.11 Å². The molecule has 2 aliphatic heterocycles. The second-order valence-electron chi connectivity index (χ2n) is 6.59. The van der Waals surface area contributed by atoms with Crippen LogP contribution in [0.25, 0.3) is 0 Å². The summed E-state index contributed by atoms with van der Waals surface area (Å²) in [6, 6.07) is 6.12. The minimum absolute atomic E-state index is 0.132. The molecule has 2 saturated heterocycles. The third-order valence-corrected chi connectivity index (χ3v) is 5.00. The summed E-state index contributed by atoms with van der Waals surface area (Å²) >= 11 is 0. The number of aryl methyl sites for hydroxylation is 1. The van der Waals surface area contributed by atoms with E-state index in [4.69, 9.17) is 5.11 Å². The Bertz CT molecular complexity index is 532. The van der Waals surface area contributed by atoms with Crippen molar-refractivity contribution >= 4 is 5.97 Å². The van der Waals surface area contributed by atoms with Gasteiger partial charge >= 0.3 is 5.97 Å². The molecule has 2 heterocycles. The Balaban J connectivity index is 1.71. The molecule has 0 spiro atoms. The number of benzene rings is 1. The van der Waals surface area contributed by atoms with E-state index in [0.29, 0.717) is 24.5 Å². The maximum atomic E-state index is 13.9. The van der Waals surface area contributed by atoms with Crippen molar-refractivity contribution in [3.05, 3.63) is 35.1 Å². The molecule has 1 N–H and O–H groups in total. The van der Waals surface area contributed by atoms with Crippen LogP contribution < -0.4 is 0 Å². The lowest BCUT2D eigenvalue weighted by Gasteiger charge is -2.38. The van der Waals surface area contributed by atoms with Gasteiger partial charge in [0.1, 0.15) is 5.82 Å². The predicted molar refractivity (Wildman–Crippen MR) is 78.5 cm³/mol. The topological polar surface area (TPSA) is 40.5 Å². The summed E-state index contributed by atoms with van der Waals surface area (Å²) in [6.07, 6.45) is 4.40. The molecule has 3 rings (SSSR count). The second kappa shape index (κ2) is 5.76. The van der Waals surface area contributed by atoms with Gasteiger partial charge in [-0.2, -0.15) is 0 Å². The van der Waals surface area contributed by atoms with Crippen molar-refractivity contribution in [2.24, 2.45) is 5.92 Å². The fraction of sp³-hybridized carbons (Fsp3) is 0.588. The van der Waals surface area contributed by atoms with E-state index in [2.05, 4.69) is 4.90 Å². The molecule has 21 heavy (non-hydrogen) atoms. The molecule has 0 radical (unpaired) electrons. The van der Waals surface area contributed by atoms with Crippen molar-refractivity contribution in [2.45, 2.75) is 57.7 Å². The molecule has 2 atom stereocenters. The van der Waals surface area contributed by atoms with E-state index in [1.165, 1.54) is 0 Å². The van der Waals surface area contributed by atoms with E-state index in [-0.39, 0.29) is 12.2 Å². The number of hydrogen-bond acceptors (Lipinski definition) is 2. The fourth-order valence-corrected chi connectivity index (χ4v) is 4.08. The van der Waals surface area contributed by atoms with E-state index in [1.807, 2.05) is 13.0 Å². The van der Waals surface area contributed by atoms with Crippen LogP contribution in [0.2, 0.25) is 0 Å². The third kappa shape index (κ3) is 3.10. The lowest BCUT2D eigenvalue weighted by molar-refractivity contribution is -0.138. The zero-order valence-corrected chi connectivity index (χ0v) is 12.4. The van der Waals surface area contributed by atoms with Gasteiger partial charge in [0, 0.05) is 30.6 Å². The summed E-state index contributed by atoms with van der Waals surface area (Å²) in [4.78, 5) is 13.3. The quantitative estimate of drug-likeness (QED) is 0.925. The molecular weight excluding hydrogens is 269 g/mol. The first-order valence-electron chi connectivity index (χ1n) is 7.75. The molecule has 2 aliphatic rings. The average Bonchev–Trinajstić information content (AvgIpc) is 2.65. The molecule has 0 aromatic heterocycles. The van der Waals surface area contributed by atoms with Crippen LogP contribution >= 0.6 is 0 Å². The Labute approximate surface area is 124 Å². The molecule has 3 nitrogen and oxygen atoms in total. The summed E-state index contributed by atoms with van der Waals surface area (Å²) in [5.74, 6) is -0.538. The maximum Gasteiger partial charge on any atom is 0.303 e. The van der Waals surface area contributed by atoms with Crippen LogP contribution in [0.5, 0.6) is 0 Å². The molecule has 1 aromatic carbocycles. The number of nitrogens with zero attached hydrogens (tertiary/aromatic N) is 1. The van der Waals surface area contributed by atoms with Crippen LogP contribution in [0.15, 0.2) is 18.2 Å². The first-order chi connectivity index (χ1) is 10.0. The van der Waals surface area contributed by atoms with Crippen LogP contribution in [-0.2, 0) is 11.3 Å². The smallest absolute Gasteiger partial charge is 0.303 e. The van der Waals surface area contributed by atoms with Gasteiger partial charge in [-0.1, -0.05) is 17.7 Å². The summed E-state index contributed by atoms with van der Waals surface area (Å²) in [6.45, 7) is 2.64. The van der Waals surface area contributed by atoms with E-state index in [0.717, 1.165) is 36.8 Å². The van der Waals surface area contributed by atoms with E-state index in [1.54, 1.807) is 12.1 Å². The van der Waals surface area contributed by atoms with Gasteiger partial charge in [0.25, 0.3) is 0 Å². The van der Waals surface area contributed by atoms with Gasteiger partial charge in [-0.3, -0.25) is 9.69 Å². The van der Waals surface area contributed by atoms with Gasteiger partial charge in [-0.05, 0) is 44.6 Å². The number of carboxylic acid groups (broad SMARTS) is 1. The Morgan fingerprint density at radius 1 is 1.33 bits per heavy atom. The highest BCUT2D eigenvalue weighted by Crippen LogP contribution is 2.40. The minimum Gasteiger partial charge on any atom is -0.481 e. The molecule has 0 amide bonds. The highest BCUT2D eigenvalue weighted by atomic mass is 19.1. The van der Waals surface area contributed by atoms with Crippen molar-refractivity contribution in [1.29, 1.82) is 0 Å². The zero-order valence-electron chi connectivity index (χ0n) is 12.4. The van der Waals surface area contributed by atoms with Gasteiger partial charge in [0.15, 0.2) is 0 Å². The van der Waals surface area contributed by atoms with Crippen LogP contribution in [0.1, 0.15) is 43.2 Å². The Morgan fingerprint density at radius 3 is 2.62 bits per heavy atom. The van der Waals surface area contributed by atoms with Gasteiger partial charge in [-0.15, -0.1) is 0 Å². The van der Waals surface area contributed by atoms with E-state index < -0.39 is 5.97 Å². The van der Waals surface area contributed by atoms with Gasteiger partial charge in [0.2, 0.25) is 0 Å². The monoisotopic (exact) mass is 291 g/mol. The highest BCUT2D eigenvalue weighted by Gasteiger charge is 2.41. The molecule has 2 bridgehead atoms. The first-order valence-corrected chi connectivity index (χ1v) is 7.75. The fourth-order valence-electron chi connectivity index (χ4n) is 4.08. The largest absolute Gasteiger partial charge is 0.481 e. The van der Waals surface area contributed by atoms with Crippen LogP contribution in [-0.4, -0.2) is 28.1 Å². The van der Waals surface area contributed by atoms with Crippen molar-refractivity contribution in [3.63, 3.8) is 0 Å². The van der Waals surface area contributed by atoms with Crippen molar-refractivity contribution in [1.82, 2.24) is 4.90 Å². The van der Waals surface area contributed by atoms with E-state index >= 15 is 0 Å². The third-order valence-electron chi connectivity index (χ3n) is 5.00. The molecule has 0 saturated carbocycles. The standard InChI is InChI=1S/C17H22FNO2/c1-11-2-5-16(18)13(6-11)10-19-14-3-4-15(19)8-12(7-14)9-17(20)21/h2,5-6,12,14-15H,3-4,7-10H2,1H3,(H,20,21). The van der Waals surface area contributed by atoms with Gasteiger partial charge in [-0.25, -0.2) is 4.39 Å². The lowest BCUT2D eigenvalue weighted by Crippen LogP contribution is -2.42. The number of carbonyl (C=O) groups is 1. The number of rotatable bonds is 4. The lowest BCUT2D eigenvalue weighted by atomic mass is 9.88. The number of halogens is 1. The maximum absolute atomic E-state index is 13.9. The number of fused-ring (bicyclic) bond motifs is 2. The van der Waals surface area contributed by atoms with Crippen LogP contribution in [0.4, 0.5) is 4.39 Å². The molecule has 4 heteroatoms. The zero-order chi connectivity index (χ0) is 15.0. The predicted octanol–water partition coefficient (Wildman–Crippen LogP) is 3.35. The number of piperidine rings is 1. The summed E-state index contributed by atoms with van der Waals surface area (Å²) in [7, 11) is 0. The number of aliphatic carboxylic acids is 1. The van der Waals surface area contributed by atoms with Crippen molar-refractivity contribution < 1.29 is 14.3 Å². The number of carboxylic acids is 1. The summed E-state index contributed by atoms with van der Waals surface area (Å²) < 4.78 is 13.9. The molecule has 0 aliphatic carbocycles. The number of hydrogen-bond donors (Lipinski definition) is 1.